The maximum absolute atomic E-state index is 11.3. The standard InChI is InChI=1S/C22H27N7O4/c1-13-18(33-15-6-4-5-14(9-15)22(30)31)8-7-16(26-13)21-17(29(2)28-27-21)11-23-19-10-20(32-3)25-12-24-19/h7-8,10,12,14-15H,4-6,9,11H2,1-3H3,(H,30,31)(H,23,24,25)/t14?,15-/m0/s1. The molecule has 0 aromatic carbocycles. The molecule has 4 rings (SSSR count). The third kappa shape index (κ3) is 5.18. The number of carboxylic acid groups (broad SMARTS) is 1. The van der Waals surface area contributed by atoms with E-state index in [-0.39, 0.29) is 12.0 Å². The molecule has 0 saturated heterocycles. The molecule has 174 valence electrons. The number of aryl methyl sites for hydroxylation is 2. The molecule has 3 aromatic rings. The largest absolute Gasteiger partial charge is 0.489 e. The lowest BCUT2D eigenvalue weighted by atomic mass is 9.87. The highest BCUT2D eigenvalue weighted by Crippen LogP contribution is 2.30. The van der Waals surface area contributed by atoms with E-state index in [9.17, 15) is 9.90 Å². The summed E-state index contributed by atoms with van der Waals surface area (Å²) >= 11 is 0. The van der Waals surface area contributed by atoms with Crippen LogP contribution >= 0.6 is 0 Å². The minimum atomic E-state index is -0.752. The molecule has 1 unspecified atom stereocenters. The van der Waals surface area contributed by atoms with E-state index in [1.54, 1.807) is 17.9 Å². The number of hydrogen-bond donors (Lipinski definition) is 2. The first kappa shape index (κ1) is 22.4. The van der Waals surface area contributed by atoms with Crippen molar-refractivity contribution in [3.63, 3.8) is 0 Å². The van der Waals surface area contributed by atoms with E-state index < -0.39 is 5.97 Å². The van der Waals surface area contributed by atoms with Crippen molar-refractivity contribution < 1.29 is 19.4 Å². The fraction of sp³-hybridized carbons (Fsp3) is 0.455. The van der Waals surface area contributed by atoms with Gasteiger partial charge in [0.2, 0.25) is 5.88 Å². The van der Waals surface area contributed by atoms with Crippen LogP contribution in [0, 0.1) is 12.8 Å². The number of ether oxygens (including phenoxy) is 2. The number of aliphatic carboxylic acids is 1. The lowest BCUT2D eigenvalue weighted by Crippen LogP contribution is -2.29. The van der Waals surface area contributed by atoms with Gasteiger partial charge in [-0.15, -0.1) is 5.10 Å². The lowest BCUT2D eigenvalue weighted by Gasteiger charge is -2.27. The van der Waals surface area contributed by atoms with Gasteiger partial charge in [-0.1, -0.05) is 5.21 Å². The molecule has 11 heteroatoms. The number of carbonyl (C=O) groups is 1. The first-order valence-electron chi connectivity index (χ1n) is 10.8. The number of nitrogens with zero attached hydrogens (tertiary/aromatic N) is 6. The molecule has 3 aromatic heterocycles. The Hall–Kier alpha value is -3.76. The SMILES string of the molecule is COc1cc(NCc2c(-c3ccc(O[C@H]4CCCC(C(=O)O)C4)c(C)n3)nnn2C)ncn1. The average molecular weight is 454 g/mol. The Morgan fingerprint density at radius 1 is 1.30 bits per heavy atom. The van der Waals surface area contributed by atoms with Gasteiger partial charge in [0.15, 0.2) is 0 Å². The molecule has 0 radical (unpaired) electrons. The monoisotopic (exact) mass is 453 g/mol. The van der Waals surface area contributed by atoms with E-state index in [1.807, 2.05) is 26.1 Å². The maximum atomic E-state index is 11.3. The second kappa shape index (κ2) is 9.80. The number of aromatic nitrogens is 6. The first-order chi connectivity index (χ1) is 15.9. The van der Waals surface area contributed by atoms with Crippen molar-refractivity contribution in [1.29, 1.82) is 0 Å². The lowest BCUT2D eigenvalue weighted by molar-refractivity contribution is -0.143. The van der Waals surface area contributed by atoms with E-state index in [0.29, 0.717) is 48.2 Å². The molecule has 1 fully saturated rings. The molecule has 3 heterocycles. The second-order valence-corrected chi connectivity index (χ2v) is 8.03. The van der Waals surface area contributed by atoms with Crippen molar-refractivity contribution in [3.05, 3.63) is 35.9 Å². The Morgan fingerprint density at radius 2 is 2.15 bits per heavy atom. The summed E-state index contributed by atoms with van der Waals surface area (Å²) in [7, 11) is 3.37. The van der Waals surface area contributed by atoms with Crippen molar-refractivity contribution in [2.45, 2.75) is 45.3 Å². The van der Waals surface area contributed by atoms with Crippen LogP contribution in [0.4, 0.5) is 5.82 Å². The van der Waals surface area contributed by atoms with Crippen LogP contribution in [0.3, 0.4) is 0 Å². The van der Waals surface area contributed by atoms with Gasteiger partial charge in [-0.25, -0.2) is 19.6 Å². The molecule has 2 N–H and O–H groups in total. The van der Waals surface area contributed by atoms with Crippen LogP contribution in [0.15, 0.2) is 24.5 Å². The molecule has 1 aliphatic rings. The topological polar surface area (TPSA) is 137 Å². The number of nitrogens with one attached hydrogen (secondary N) is 1. The van der Waals surface area contributed by atoms with Crippen LogP contribution in [0.5, 0.6) is 11.6 Å². The molecule has 1 saturated carbocycles. The number of carboxylic acids is 1. The molecule has 0 amide bonds. The fourth-order valence-corrected chi connectivity index (χ4v) is 3.96. The zero-order valence-electron chi connectivity index (χ0n) is 18.9. The summed E-state index contributed by atoms with van der Waals surface area (Å²) in [6.45, 7) is 2.30. The van der Waals surface area contributed by atoms with Crippen molar-refractivity contribution in [3.8, 4) is 23.0 Å². The van der Waals surface area contributed by atoms with Gasteiger partial charge in [-0.3, -0.25) is 4.79 Å². The van der Waals surface area contributed by atoms with E-state index in [1.165, 1.54) is 6.33 Å². The summed E-state index contributed by atoms with van der Waals surface area (Å²) in [5.41, 5.74) is 2.89. The van der Waals surface area contributed by atoms with E-state index >= 15 is 0 Å². The highest BCUT2D eigenvalue weighted by atomic mass is 16.5. The van der Waals surface area contributed by atoms with Crippen LogP contribution < -0.4 is 14.8 Å². The highest BCUT2D eigenvalue weighted by Gasteiger charge is 2.28. The summed E-state index contributed by atoms with van der Waals surface area (Å²) in [4.78, 5) is 24.2. The minimum Gasteiger partial charge on any atom is -0.489 e. The normalized spacial score (nSPS) is 18.0. The third-order valence-corrected chi connectivity index (χ3v) is 5.78. The quantitative estimate of drug-likeness (QED) is 0.523. The molecule has 0 aliphatic heterocycles. The van der Waals surface area contributed by atoms with E-state index in [2.05, 4.69) is 30.6 Å². The molecule has 0 spiro atoms. The molecular weight excluding hydrogens is 426 g/mol. The number of pyridine rings is 1. The number of anilines is 1. The van der Waals surface area contributed by atoms with Gasteiger partial charge in [0.05, 0.1) is 42.8 Å². The Balaban J connectivity index is 1.48. The van der Waals surface area contributed by atoms with Gasteiger partial charge >= 0.3 is 5.97 Å². The van der Waals surface area contributed by atoms with E-state index in [4.69, 9.17) is 9.47 Å². The molecule has 33 heavy (non-hydrogen) atoms. The minimum absolute atomic E-state index is 0.118. The van der Waals surface area contributed by atoms with Crippen LogP contribution in [0.25, 0.3) is 11.4 Å². The Bertz CT molecular complexity index is 1130. The Labute approximate surface area is 191 Å². The van der Waals surface area contributed by atoms with Gasteiger partial charge in [-0.2, -0.15) is 0 Å². The van der Waals surface area contributed by atoms with Crippen LogP contribution in [0.2, 0.25) is 0 Å². The predicted octanol–water partition coefficient (Wildman–Crippen LogP) is 2.62. The zero-order chi connectivity index (χ0) is 23.4. The van der Waals surface area contributed by atoms with Gasteiger partial charge in [0, 0.05) is 13.1 Å². The van der Waals surface area contributed by atoms with Gasteiger partial charge in [0.1, 0.15) is 23.6 Å². The van der Waals surface area contributed by atoms with Crippen LogP contribution in [-0.2, 0) is 18.4 Å². The summed E-state index contributed by atoms with van der Waals surface area (Å²) < 4.78 is 12.9. The summed E-state index contributed by atoms with van der Waals surface area (Å²) in [5.74, 6) is 0.648. The van der Waals surface area contributed by atoms with E-state index in [0.717, 1.165) is 24.2 Å². The van der Waals surface area contributed by atoms with Crippen molar-refractivity contribution in [1.82, 2.24) is 29.9 Å². The molecule has 0 bridgehead atoms. The first-order valence-corrected chi connectivity index (χ1v) is 10.8. The van der Waals surface area contributed by atoms with Crippen LogP contribution in [-0.4, -0.2) is 54.2 Å². The Morgan fingerprint density at radius 3 is 2.91 bits per heavy atom. The van der Waals surface area contributed by atoms with Crippen LogP contribution in [0.1, 0.15) is 37.1 Å². The molecule has 1 aliphatic carbocycles. The smallest absolute Gasteiger partial charge is 0.306 e. The number of methoxy groups -OCH3 is 1. The maximum Gasteiger partial charge on any atom is 0.306 e. The van der Waals surface area contributed by atoms with Crippen molar-refractivity contribution in [2.24, 2.45) is 13.0 Å². The predicted molar refractivity (Wildman–Crippen MR) is 119 cm³/mol. The third-order valence-electron chi connectivity index (χ3n) is 5.78. The van der Waals surface area contributed by atoms with Crippen molar-refractivity contribution >= 4 is 11.8 Å². The van der Waals surface area contributed by atoms with Gasteiger partial charge < -0.3 is 19.9 Å². The second-order valence-electron chi connectivity index (χ2n) is 8.03. The highest BCUT2D eigenvalue weighted by molar-refractivity contribution is 5.70. The Kier molecular flexibility index (Phi) is 6.66. The molecular formula is C22H27N7O4. The summed E-state index contributed by atoms with van der Waals surface area (Å²) in [6.07, 6.45) is 4.23. The fourth-order valence-electron chi connectivity index (χ4n) is 3.96. The number of hydrogen-bond acceptors (Lipinski definition) is 9. The summed E-state index contributed by atoms with van der Waals surface area (Å²) in [5, 5.41) is 21.0. The number of rotatable bonds is 8. The molecule has 2 atom stereocenters. The van der Waals surface area contributed by atoms with Crippen molar-refractivity contribution in [2.75, 3.05) is 12.4 Å². The zero-order valence-corrected chi connectivity index (χ0v) is 18.9. The summed E-state index contributed by atoms with van der Waals surface area (Å²) in [6, 6.07) is 5.42. The van der Waals surface area contributed by atoms with Gasteiger partial charge in [0.25, 0.3) is 0 Å². The average Bonchev–Trinajstić information content (AvgIpc) is 3.19. The van der Waals surface area contributed by atoms with Gasteiger partial charge in [-0.05, 0) is 44.7 Å². The molecule has 11 nitrogen and oxygen atoms in total.